The molecule has 2 aromatic carbocycles. The normalized spacial score (nSPS) is 11.5. The second kappa shape index (κ2) is 9.84. The van der Waals surface area contributed by atoms with Gasteiger partial charge in [0, 0.05) is 35.4 Å². The first-order chi connectivity index (χ1) is 14.7. The number of anilines is 3. The molecule has 3 aromatic rings. The van der Waals surface area contributed by atoms with E-state index >= 15 is 0 Å². The van der Waals surface area contributed by atoms with Gasteiger partial charge in [-0.1, -0.05) is 29.8 Å². The number of nitrogens with zero attached hydrogens (tertiary/aromatic N) is 3. The van der Waals surface area contributed by atoms with Crippen LogP contribution in [0.25, 0.3) is 11.3 Å². The fraction of sp³-hybridized carbons (Fsp3) is 0.238. The molecule has 0 spiro atoms. The summed E-state index contributed by atoms with van der Waals surface area (Å²) < 4.78 is 41.8. The van der Waals surface area contributed by atoms with Crippen molar-refractivity contribution in [2.24, 2.45) is 0 Å². The first-order valence-corrected chi connectivity index (χ1v) is 9.72. The Morgan fingerprint density at radius 3 is 2.52 bits per heavy atom. The second-order valence-electron chi connectivity index (χ2n) is 6.90. The zero-order valence-corrected chi connectivity index (χ0v) is 17.6. The average Bonchev–Trinajstić information content (AvgIpc) is 2.66. The fourth-order valence-corrected chi connectivity index (χ4v) is 2.89. The molecule has 0 aliphatic rings. The minimum Gasteiger partial charge on any atom is -0.406 e. The van der Waals surface area contributed by atoms with E-state index in [1.165, 1.54) is 18.2 Å². The molecule has 1 heterocycles. The van der Waals surface area contributed by atoms with Crippen LogP contribution in [0.15, 0.2) is 54.6 Å². The SMILES string of the molecule is CN(C)CCNc1nc(Nc2cccc(Cl)c2)cc(-c2cccc(OC(F)(F)F)c2)n1. The third kappa shape index (κ3) is 7.30. The van der Waals surface area contributed by atoms with Gasteiger partial charge in [0.05, 0.1) is 5.69 Å². The van der Waals surface area contributed by atoms with E-state index in [2.05, 4.69) is 25.3 Å². The molecule has 0 saturated carbocycles. The van der Waals surface area contributed by atoms with Gasteiger partial charge in [-0.3, -0.25) is 0 Å². The summed E-state index contributed by atoms with van der Waals surface area (Å²) in [6, 6.07) is 14.4. The molecule has 31 heavy (non-hydrogen) atoms. The molecule has 3 rings (SSSR count). The van der Waals surface area contributed by atoms with Crippen LogP contribution in [-0.2, 0) is 0 Å². The molecule has 164 valence electrons. The summed E-state index contributed by atoms with van der Waals surface area (Å²) in [6.45, 7) is 1.34. The van der Waals surface area contributed by atoms with Gasteiger partial charge in [0.1, 0.15) is 11.6 Å². The van der Waals surface area contributed by atoms with Crippen LogP contribution in [0.2, 0.25) is 5.02 Å². The quantitative estimate of drug-likeness (QED) is 0.477. The molecule has 0 aliphatic heterocycles. The molecule has 0 bridgehead atoms. The van der Waals surface area contributed by atoms with Gasteiger partial charge >= 0.3 is 6.36 Å². The Morgan fingerprint density at radius 2 is 1.81 bits per heavy atom. The van der Waals surface area contributed by atoms with Crippen molar-refractivity contribution in [3.8, 4) is 17.0 Å². The van der Waals surface area contributed by atoms with Crippen LogP contribution >= 0.6 is 11.6 Å². The van der Waals surface area contributed by atoms with Crippen molar-refractivity contribution in [3.63, 3.8) is 0 Å². The monoisotopic (exact) mass is 451 g/mol. The Balaban J connectivity index is 1.93. The largest absolute Gasteiger partial charge is 0.573 e. The van der Waals surface area contributed by atoms with E-state index < -0.39 is 6.36 Å². The molecule has 2 N–H and O–H groups in total. The van der Waals surface area contributed by atoms with Crippen molar-refractivity contribution in [1.29, 1.82) is 0 Å². The molecule has 10 heteroatoms. The van der Waals surface area contributed by atoms with E-state index in [4.69, 9.17) is 11.6 Å². The van der Waals surface area contributed by atoms with E-state index in [1.54, 1.807) is 30.3 Å². The molecule has 0 amide bonds. The van der Waals surface area contributed by atoms with Crippen LogP contribution < -0.4 is 15.4 Å². The van der Waals surface area contributed by atoms with Crippen molar-refractivity contribution in [1.82, 2.24) is 14.9 Å². The molecular formula is C21H21ClF3N5O. The lowest BCUT2D eigenvalue weighted by Crippen LogP contribution is -2.21. The zero-order valence-electron chi connectivity index (χ0n) is 16.9. The van der Waals surface area contributed by atoms with Gasteiger partial charge in [-0.2, -0.15) is 4.98 Å². The van der Waals surface area contributed by atoms with Crippen molar-refractivity contribution >= 4 is 29.1 Å². The molecule has 0 radical (unpaired) electrons. The summed E-state index contributed by atoms with van der Waals surface area (Å²) >= 11 is 6.04. The summed E-state index contributed by atoms with van der Waals surface area (Å²) in [5, 5.41) is 6.84. The molecular weight excluding hydrogens is 431 g/mol. The summed E-state index contributed by atoms with van der Waals surface area (Å²) in [4.78, 5) is 10.9. The van der Waals surface area contributed by atoms with Crippen molar-refractivity contribution in [3.05, 3.63) is 59.6 Å². The van der Waals surface area contributed by atoms with E-state index in [0.29, 0.717) is 40.3 Å². The average molecular weight is 452 g/mol. The Labute approximate surface area is 183 Å². The minimum atomic E-state index is -4.78. The Bertz CT molecular complexity index is 1030. The van der Waals surface area contributed by atoms with Gasteiger partial charge < -0.3 is 20.3 Å². The molecule has 1 aromatic heterocycles. The fourth-order valence-electron chi connectivity index (χ4n) is 2.70. The predicted molar refractivity (Wildman–Crippen MR) is 116 cm³/mol. The first kappa shape index (κ1) is 22.6. The van der Waals surface area contributed by atoms with Crippen LogP contribution in [0.4, 0.5) is 30.6 Å². The number of hydrogen-bond acceptors (Lipinski definition) is 6. The van der Waals surface area contributed by atoms with Gasteiger partial charge in [-0.25, -0.2) is 4.98 Å². The number of benzene rings is 2. The number of aromatic nitrogens is 2. The Morgan fingerprint density at radius 1 is 1.03 bits per heavy atom. The number of hydrogen-bond donors (Lipinski definition) is 2. The van der Waals surface area contributed by atoms with Gasteiger partial charge in [0.2, 0.25) is 5.95 Å². The number of rotatable bonds is 8. The van der Waals surface area contributed by atoms with Crippen LogP contribution in [-0.4, -0.2) is 48.4 Å². The zero-order chi connectivity index (χ0) is 22.4. The highest BCUT2D eigenvalue weighted by molar-refractivity contribution is 6.30. The molecule has 0 unspecified atom stereocenters. The lowest BCUT2D eigenvalue weighted by molar-refractivity contribution is -0.274. The predicted octanol–water partition coefficient (Wildman–Crippen LogP) is 5.41. The maximum absolute atomic E-state index is 12.6. The van der Waals surface area contributed by atoms with Crippen LogP contribution in [0.3, 0.4) is 0 Å². The van der Waals surface area contributed by atoms with E-state index in [-0.39, 0.29) is 5.75 Å². The Hall–Kier alpha value is -3.04. The van der Waals surface area contributed by atoms with Crippen LogP contribution in [0.5, 0.6) is 5.75 Å². The molecule has 6 nitrogen and oxygen atoms in total. The smallest absolute Gasteiger partial charge is 0.406 e. The highest BCUT2D eigenvalue weighted by Gasteiger charge is 2.31. The maximum Gasteiger partial charge on any atom is 0.573 e. The molecule has 0 saturated heterocycles. The second-order valence-corrected chi connectivity index (χ2v) is 7.34. The van der Waals surface area contributed by atoms with Crippen molar-refractivity contribution < 1.29 is 17.9 Å². The minimum absolute atomic E-state index is 0.324. The number of ether oxygens (including phenoxy) is 1. The van der Waals surface area contributed by atoms with Gasteiger partial charge in [0.15, 0.2) is 0 Å². The summed E-state index contributed by atoms with van der Waals surface area (Å²) in [5.74, 6) is 0.475. The summed E-state index contributed by atoms with van der Waals surface area (Å²) in [7, 11) is 3.88. The maximum atomic E-state index is 12.6. The third-order valence-electron chi connectivity index (χ3n) is 4.03. The van der Waals surface area contributed by atoms with E-state index in [9.17, 15) is 13.2 Å². The van der Waals surface area contributed by atoms with E-state index in [0.717, 1.165) is 6.54 Å². The lowest BCUT2D eigenvalue weighted by Gasteiger charge is -2.14. The topological polar surface area (TPSA) is 62.3 Å². The first-order valence-electron chi connectivity index (χ1n) is 9.34. The molecule has 0 atom stereocenters. The number of likely N-dealkylation sites (N-methyl/N-ethyl adjacent to an activating group) is 1. The standard InChI is InChI=1S/C21H21ClF3N5O/c1-30(2)10-9-26-20-28-18(14-5-3-8-17(11-14)31-21(23,24)25)13-19(29-20)27-16-7-4-6-15(22)12-16/h3-8,11-13H,9-10H2,1-2H3,(H2,26,27,28,29). The van der Waals surface area contributed by atoms with Gasteiger partial charge in [-0.05, 0) is 44.4 Å². The highest BCUT2D eigenvalue weighted by atomic mass is 35.5. The highest BCUT2D eigenvalue weighted by Crippen LogP contribution is 2.29. The van der Waals surface area contributed by atoms with E-state index in [1.807, 2.05) is 25.1 Å². The number of nitrogens with one attached hydrogen (secondary N) is 2. The molecule has 0 aliphatic carbocycles. The summed E-state index contributed by atoms with van der Waals surface area (Å²) in [6.07, 6.45) is -4.78. The van der Waals surface area contributed by atoms with Crippen LogP contribution in [0, 0.1) is 0 Å². The van der Waals surface area contributed by atoms with Crippen molar-refractivity contribution in [2.75, 3.05) is 37.8 Å². The van der Waals surface area contributed by atoms with Crippen molar-refractivity contribution in [2.45, 2.75) is 6.36 Å². The summed E-state index contributed by atoms with van der Waals surface area (Å²) in [5.41, 5.74) is 1.60. The number of alkyl halides is 3. The van der Waals surface area contributed by atoms with Gasteiger partial charge in [-0.15, -0.1) is 13.2 Å². The van der Waals surface area contributed by atoms with Crippen LogP contribution in [0.1, 0.15) is 0 Å². The Kier molecular flexibility index (Phi) is 7.19. The third-order valence-corrected chi connectivity index (χ3v) is 4.26. The lowest BCUT2D eigenvalue weighted by atomic mass is 10.1. The number of halogens is 4. The van der Waals surface area contributed by atoms with Gasteiger partial charge in [0.25, 0.3) is 0 Å². The molecule has 0 fully saturated rings.